The first-order valence-corrected chi connectivity index (χ1v) is 3.74. The van der Waals surface area contributed by atoms with Crippen LogP contribution in [0.5, 0.6) is 0 Å². The van der Waals surface area contributed by atoms with Gasteiger partial charge in [-0.1, -0.05) is 6.08 Å². The Morgan fingerprint density at radius 3 is 2.75 bits per heavy atom. The second-order valence-corrected chi connectivity index (χ2v) is 2.07. The molecule has 0 aromatic carbocycles. The lowest BCUT2D eigenvalue weighted by atomic mass is 10.4. The van der Waals surface area contributed by atoms with Gasteiger partial charge in [0.25, 0.3) is 0 Å². The van der Waals surface area contributed by atoms with E-state index in [0.717, 1.165) is 0 Å². The van der Waals surface area contributed by atoms with E-state index in [1.807, 2.05) is 0 Å². The molecule has 1 amide bonds. The molecular weight excluding hydrogens is 158 g/mol. The molecule has 0 radical (unpaired) electrons. The highest BCUT2D eigenvalue weighted by Crippen LogP contribution is 1.85. The minimum atomic E-state index is -0.501. The van der Waals surface area contributed by atoms with Gasteiger partial charge in [-0.05, 0) is 6.92 Å². The van der Waals surface area contributed by atoms with Crippen LogP contribution in [-0.4, -0.2) is 25.0 Å². The van der Waals surface area contributed by atoms with Crippen LogP contribution in [0.3, 0.4) is 0 Å². The van der Waals surface area contributed by atoms with E-state index in [2.05, 4.69) is 16.6 Å². The Kier molecular flexibility index (Phi) is 5.69. The van der Waals surface area contributed by atoms with Crippen molar-refractivity contribution in [3.05, 3.63) is 12.7 Å². The standard InChI is InChI=1S/C8H13NO3/c1-3-5-9-7(10)6-8(11)12-4-2/h3H,1,4-6H2,2H3,(H,9,10). The number of nitrogens with one attached hydrogen (secondary N) is 1. The average molecular weight is 171 g/mol. The quantitative estimate of drug-likeness (QED) is 0.366. The molecule has 0 fully saturated rings. The smallest absolute Gasteiger partial charge is 0.315 e. The molecule has 0 atom stereocenters. The summed E-state index contributed by atoms with van der Waals surface area (Å²) in [5.41, 5.74) is 0. The first-order chi connectivity index (χ1) is 5.70. The van der Waals surface area contributed by atoms with E-state index in [0.29, 0.717) is 13.2 Å². The summed E-state index contributed by atoms with van der Waals surface area (Å²) in [6, 6.07) is 0. The molecule has 0 aliphatic carbocycles. The minimum Gasteiger partial charge on any atom is -0.466 e. The average Bonchev–Trinajstić information content (AvgIpc) is 2.01. The van der Waals surface area contributed by atoms with Gasteiger partial charge in [0.1, 0.15) is 6.42 Å². The van der Waals surface area contributed by atoms with Gasteiger partial charge in [0.15, 0.2) is 0 Å². The zero-order valence-corrected chi connectivity index (χ0v) is 7.13. The molecule has 0 bridgehead atoms. The number of ether oxygens (including phenoxy) is 1. The summed E-state index contributed by atoms with van der Waals surface area (Å²) >= 11 is 0. The summed E-state index contributed by atoms with van der Waals surface area (Å²) in [5.74, 6) is -0.840. The monoisotopic (exact) mass is 171 g/mol. The molecule has 0 aromatic rings. The van der Waals surface area contributed by atoms with Gasteiger partial charge in [-0.2, -0.15) is 0 Å². The Bertz CT molecular complexity index is 177. The van der Waals surface area contributed by atoms with Crippen molar-refractivity contribution in [1.29, 1.82) is 0 Å². The van der Waals surface area contributed by atoms with Crippen molar-refractivity contribution in [2.45, 2.75) is 13.3 Å². The highest BCUT2D eigenvalue weighted by atomic mass is 16.5. The summed E-state index contributed by atoms with van der Waals surface area (Å²) in [5, 5.41) is 2.46. The number of carbonyl (C=O) groups excluding carboxylic acids is 2. The summed E-state index contributed by atoms with van der Waals surface area (Å²) < 4.78 is 4.57. The van der Waals surface area contributed by atoms with Crippen LogP contribution >= 0.6 is 0 Å². The van der Waals surface area contributed by atoms with Gasteiger partial charge in [0.05, 0.1) is 6.61 Å². The van der Waals surface area contributed by atoms with E-state index in [1.165, 1.54) is 0 Å². The lowest BCUT2D eigenvalue weighted by molar-refractivity contribution is -0.145. The van der Waals surface area contributed by atoms with Gasteiger partial charge >= 0.3 is 5.97 Å². The second kappa shape index (κ2) is 6.39. The first-order valence-electron chi connectivity index (χ1n) is 3.74. The van der Waals surface area contributed by atoms with Crippen LogP contribution in [0.1, 0.15) is 13.3 Å². The van der Waals surface area contributed by atoms with E-state index in [-0.39, 0.29) is 12.3 Å². The summed E-state index contributed by atoms with van der Waals surface area (Å²) in [6.07, 6.45) is 1.32. The Labute approximate surface area is 71.6 Å². The molecule has 0 aliphatic heterocycles. The molecule has 0 rings (SSSR count). The normalized spacial score (nSPS) is 8.75. The van der Waals surface area contributed by atoms with Crippen LogP contribution in [-0.2, 0) is 14.3 Å². The van der Waals surface area contributed by atoms with E-state index in [9.17, 15) is 9.59 Å². The summed E-state index contributed by atoms with van der Waals surface area (Å²) in [4.78, 5) is 21.5. The van der Waals surface area contributed by atoms with Crippen molar-refractivity contribution >= 4 is 11.9 Å². The van der Waals surface area contributed by atoms with Gasteiger partial charge in [0, 0.05) is 6.54 Å². The van der Waals surface area contributed by atoms with Crippen LogP contribution in [0.25, 0.3) is 0 Å². The molecule has 0 saturated heterocycles. The Morgan fingerprint density at radius 2 is 2.25 bits per heavy atom. The third-order valence-electron chi connectivity index (χ3n) is 1.05. The van der Waals surface area contributed by atoms with Crippen molar-refractivity contribution in [3.63, 3.8) is 0 Å². The Morgan fingerprint density at radius 1 is 1.58 bits per heavy atom. The summed E-state index contributed by atoms with van der Waals surface area (Å²) in [6.45, 7) is 5.78. The fourth-order valence-corrected chi connectivity index (χ4v) is 0.592. The molecule has 4 heteroatoms. The van der Waals surface area contributed by atoms with Gasteiger partial charge in [-0.15, -0.1) is 6.58 Å². The van der Waals surface area contributed by atoms with E-state index >= 15 is 0 Å². The lowest BCUT2D eigenvalue weighted by Gasteiger charge is -2.01. The molecule has 0 saturated carbocycles. The van der Waals surface area contributed by atoms with Gasteiger partial charge in [-0.25, -0.2) is 0 Å². The number of rotatable bonds is 5. The lowest BCUT2D eigenvalue weighted by Crippen LogP contribution is -2.26. The number of hydrogen-bond acceptors (Lipinski definition) is 3. The fourth-order valence-electron chi connectivity index (χ4n) is 0.592. The van der Waals surface area contributed by atoms with E-state index in [4.69, 9.17) is 0 Å². The van der Waals surface area contributed by atoms with Crippen LogP contribution in [0.15, 0.2) is 12.7 Å². The Hall–Kier alpha value is -1.32. The third kappa shape index (κ3) is 5.46. The van der Waals surface area contributed by atoms with Crippen molar-refractivity contribution < 1.29 is 14.3 Å². The molecule has 12 heavy (non-hydrogen) atoms. The highest BCUT2D eigenvalue weighted by molar-refractivity contribution is 5.94. The predicted octanol–water partition coefficient (Wildman–Crippen LogP) is 0.242. The molecule has 0 unspecified atom stereocenters. The SMILES string of the molecule is C=CCNC(=O)CC(=O)OCC. The van der Waals surface area contributed by atoms with Crippen molar-refractivity contribution in [3.8, 4) is 0 Å². The van der Waals surface area contributed by atoms with Crippen molar-refractivity contribution in [2.75, 3.05) is 13.2 Å². The zero-order valence-electron chi connectivity index (χ0n) is 7.13. The van der Waals surface area contributed by atoms with Crippen LogP contribution in [0, 0.1) is 0 Å². The van der Waals surface area contributed by atoms with Crippen LogP contribution < -0.4 is 5.32 Å². The first kappa shape index (κ1) is 10.7. The molecule has 0 aliphatic rings. The number of esters is 1. The molecule has 0 spiro atoms. The van der Waals surface area contributed by atoms with E-state index in [1.54, 1.807) is 13.0 Å². The molecule has 0 aromatic heterocycles. The number of hydrogen-bond donors (Lipinski definition) is 1. The predicted molar refractivity (Wildman–Crippen MR) is 44.5 cm³/mol. The molecular formula is C8H13NO3. The van der Waals surface area contributed by atoms with Gasteiger partial charge in [-0.3, -0.25) is 9.59 Å². The molecule has 1 N–H and O–H groups in total. The Balaban J connectivity index is 3.54. The number of amides is 1. The topological polar surface area (TPSA) is 55.4 Å². The fraction of sp³-hybridized carbons (Fsp3) is 0.500. The number of carbonyl (C=O) groups is 2. The maximum absolute atomic E-state index is 10.8. The molecule has 0 heterocycles. The largest absolute Gasteiger partial charge is 0.466 e. The van der Waals surface area contributed by atoms with Crippen molar-refractivity contribution in [1.82, 2.24) is 5.32 Å². The maximum Gasteiger partial charge on any atom is 0.315 e. The second-order valence-electron chi connectivity index (χ2n) is 2.07. The third-order valence-corrected chi connectivity index (χ3v) is 1.05. The van der Waals surface area contributed by atoms with Gasteiger partial charge < -0.3 is 10.1 Å². The van der Waals surface area contributed by atoms with Gasteiger partial charge in [0.2, 0.25) is 5.91 Å². The molecule has 68 valence electrons. The highest BCUT2D eigenvalue weighted by Gasteiger charge is 2.07. The molecule has 4 nitrogen and oxygen atoms in total. The maximum atomic E-state index is 10.8. The summed E-state index contributed by atoms with van der Waals surface area (Å²) in [7, 11) is 0. The van der Waals surface area contributed by atoms with Crippen LogP contribution in [0.4, 0.5) is 0 Å². The minimum absolute atomic E-state index is 0.221. The van der Waals surface area contributed by atoms with E-state index < -0.39 is 5.97 Å². The van der Waals surface area contributed by atoms with Crippen LogP contribution in [0.2, 0.25) is 0 Å². The van der Waals surface area contributed by atoms with Crippen molar-refractivity contribution in [2.24, 2.45) is 0 Å². The zero-order chi connectivity index (χ0) is 9.40.